The number of carbonyl (C=O) groups excluding carboxylic acids is 1. The molecule has 6 heteroatoms. The van der Waals surface area contributed by atoms with E-state index in [1.165, 1.54) is 18.2 Å². The summed E-state index contributed by atoms with van der Waals surface area (Å²) in [6, 6.07) is 22.0. The molecule has 0 bridgehead atoms. The second kappa shape index (κ2) is 9.14. The molecular weight excluding hydrogens is 405 g/mol. The van der Waals surface area contributed by atoms with E-state index in [0.717, 1.165) is 5.56 Å². The summed E-state index contributed by atoms with van der Waals surface area (Å²) in [5, 5.41) is 0.527. The molecule has 5 nitrogen and oxygen atoms in total. The van der Waals surface area contributed by atoms with Crippen LogP contribution in [-0.2, 0) is 6.54 Å². The standard InChI is InChI=1S/C26H24FN3O2/c1-3-29(25(31)20-12-9-13-21(27)16-20)18(2)24-28-23-15-8-7-14-22(23)26(32)30(24)17-19-10-5-4-6-11-19/h4-16,18H,3,17H2,1-2H3. The molecule has 0 aliphatic heterocycles. The molecule has 3 aromatic carbocycles. The van der Waals surface area contributed by atoms with Crippen LogP contribution in [0.4, 0.5) is 4.39 Å². The molecule has 1 heterocycles. The van der Waals surface area contributed by atoms with E-state index in [0.29, 0.717) is 29.8 Å². The Balaban J connectivity index is 1.83. The van der Waals surface area contributed by atoms with Gasteiger partial charge in [0.1, 0.15) is 11.6 Å². The maximum atomic E-state index is 13.7. The summed E-state index contributed by atoms with van der Waals surface area (Å²) in [4.78, 5) is 33.0. The number of hydrogen-bond acceptors (Lipinski definition) is 3. The van der Waals surface area contributed by atoms with Crippen molar-refractivity contribution in [2.45, 2.75) is 26.4 Å². The van der Waals surface area contributed by atoms with Crippen LogP contribution in [0.1, 0.15) is 41.6 Å². The lowest BCUT2D eigenvalue weighted by Crippen LogP contribution is -2.38. The van der Waals surface area contributed by atoms with Gasteiger partial charge in [-0.25, -0.2) is 9.37 Å². The minimum Gasteiger partial charge on any atom is -0.329 e. The van der Waals surface area contributed by atoms with Crippen molar-refractivity contribution in [3.8, 4) is 0 Å². The largest absolute Gasteiger partial charge is 0.329 e. The second-order valence-corrected chi connectivity index (χ2v) is 7.64. The van der Waals surface area contributed by atoms with Gasteiger partial charge in [-0.1, -0.05) is 48.5 Å². The van der Waals surface area contributed by atoms with Crippen molar-refractivity contribution in [3.05, 3.63) is 112 Å². The van der Waals surface area contributed by atoms with Crippen molar-refractivity contribution < 1.29 is 9.18 Å². The predicted molar refractivity (Wildman–Crippen MR) is 123 cm³/mol. The van der Waals surface area contributed by atoms with Crippen LogP contribution in [0.25, 0.3) is 10.9 Å². The molecule has 1 aromatic heterocycles. The number of rotatable bonds is 6. The van der Waals surface area contributed by atoms with E-state index >= 15 is 0 Å². The monoisotopic (exact) mass is 429 g/mol. The molecule has 0 aliphatic rings. The van der Waals surface area contributed by atoms with Crippen molar-refractivity contribution in [2.75, 3.05) is 6.54 Å². The molecule has 1 unspecified atom stereocenters. The van der Waals surface area contributed by atoms with Crippen LogP contribution >= 0.6 is 0 Å². The summed E-state index contributed by atoms with van der Waals surface area (Å²) in [6.07, 6.45) is 0. The van der Waals surface area contributed by atoms with E-state index in [-0.39, 0.29) is 17.0 Å². The van der Waals surface area contributed by atoms with Crippen molar-refractivity contribution >= 4 is 16.8 Å². The normalized spacial score (nSPS) is 12.0. The minimum atomic E-state index is -0.503. The highest BCUT2D eigenvalue weighted by Gasteiger charge is 2.26. The summed E-state index contributed by atoms with van der Waals surface area (Å²) in [6.45, 7) is 4.42. The zero-order chi connectivity index (χ0) is 22.7. The number of carbonyl (C=O) groups is 1. The van der Waals surface area contributed by atoms with Crippen molar-refractivity contribution in [2.24, 2.45) is 0 Å². The summed E-state index contributed by atoms with van der Waals surface area (Å²) >= 11 is 0. The SMILES string of the molecule is CCN(C(=O)c1cccc(F)c1)C(C)c1nc2ccccc2c(=O)n1Cc1ccccc1. The van der Waals surface area contributed by atoms with Crippen LogP contribution in [0.15, 0.2) is 83.7 Å². The van der Waals surface area contributed by atoms with Gasteiger partial charge in [-0.15, -0.1) is 0 Å². The number of fused-ring (bicyclic) bond motifs is 1. The second-order valence-electron chi connectivity index (χ2n) is 7.64. The molecule has 0 saturated carbocycles. The van der Waals surface area contributed by atoms with Crippen LogP contribution in [0, 0.1) is 5.82 Å². The van der Waals surface area contributed by atoms with E-state index < -0.39 is 11.9 Å². The first-order chi connectivity index (χ1) is 15.5. The quantitative estimate of drug-likeness (QED) is 0.442. The van der Waals surface area contributed by atoms with Gasteiger partial charge in [0.05, 0.1) is 23.5 Å². The van der Waals surface area contributed by atoms with E-state index in [4.69, 9.17) is 4.98 Å². The van der Waals surface area contributed by atoms with Crippen LogP contribution in [-0.4, -0.2) is 26.9 Å². The van der Waals surface area contributed by atoms with Crippen LogP contribution < -0.4 is 5.56 Å². The third-order valence-corrected chi connectivity index (χ3v) is 5.59. The highest BCUT2D eigenvalue weighted by atomic mass is 19.1. The van der Waals surface area contributed by atoms with Gasteiger partial charge in [-0.2, -0.15) is 0 Å². The zero-order valence-electron chi connectivity index (χ0n) is 18.0. The average molecular weight is 429 g/mol. The van der Waals surface area contributed by atoms with Crippen LogP contribution in [0.5, 0.6) is 0 Å². The Labute approximate surface area is 185 Å². The van der Waals surface area contributed by atoms with Crippen molar-refractivity contribution in [3.63, 3.8) is 0 Å². The zero-order valence-corrected chi connectivity index (χ0v) is 18.0. The smallest absolute Gasteiger partial charge is 0.261 e. The molecule has 1 amide bonds. The van der Waals surface area contributed by atoms with E-state index in [2.05, 4.69) is 0 Å². The lowest BCUT2D eigenvalue weighted by atomic mass is 10.1. The Morgan fingerprint density at radius 1 is 1.03 bits per heavy atom. The number of para-hydroxylation sites is 1. The molecule has 0 aliphatic carbocycles. The molecule has 0 fully saturated rings. The fourth-order valence-corrected chi connectivity index (χ4v) is 3.94. The third-order valence-electron chi connectivity index (χ3n) is 5.59. The fourth-order valence-electron chi connectivity index (χ4n) is 3.94. The Morgan fingerprint density at radius 3 is 2.47 bits per heavy atom. The summed E-state index contributed by atoms with van der Waals surface area (Å²) in [5.41, 5.74) is 1.64. The maximum absolute atomic E-state index is 13.7. The number of benzene rings is 3. The molecule has 1 atom stereocenters. The molecule has 0 N–H and O–H groups in total. The summed E-state index contributed by atoms with van der Waals surface area (Å²) < 4.78 is 15.4. The van der Waals surface area contributed by atoms with Crippen LogP contribution in [0.3, 0.4) is 0 Å². The number of halogens is 1. The van der Waals surface area contributed by atoms with Gasteiger partial charge in [0, 0.05) is 12.1 Å². The van der Waals surface area contributed by atoms with Gasteiger partial charge < -0.3 is 4.90 Å². The molecule has 32 heavy (non-hydrogen) atoms. The summed E-state index contributed by atoms with van der Waals surface area (Å²) in [7, 11) is 0. The number of aromatic nitrogens is 2. The van der Waals surface area contributed by atoms with E-state index in [1.54, 1.807) is 27.7 Å². The van der Waals surface area contributed by atoms with Crippen LogP contribution in [0.2, 0.25) is 0 Å². The van der Waals surface area contributed by atoms with E-state index in [9.17, 15) is 14.0 Å². The van der Waals surface area contributed by atoms with Gasteiger partial charge in [0.2, 0.25) is 0 Å². The van der Waals surface area contributed by atoms with Gasteiger partial charge in [-0.3, -0.25) is 14.2 Å². The lowest BCUT2D eigenvalue weighted by Gasteiger charge is -2.29. The van der Waals surface area contributed by atoms with Gasteiger partial charge in [0.15, 0.2) is 0 Å². The van der Waals surface area contributed by atoms with Crippen molar-refractivity contribution in [1.29, 1.82) is 0 Å². The van der Waals surface area contributed by atoms with E-state index in [1.807, 2.05) is 56.3 Å². The first-order valence-electron chi connectivity index (χ1n) is 10.6. The Kier molecular flexibility index (Phi) is 6.12. The van der Waals surface area contributed by atoms with Gasteiger partial charge in [-0.05, 0) is 49.7 Å². The minimum absolute atomic E-state index is 0.157. The highest BCUT2D eigenvalue weighted by molar-refractivity contribution is 5.94. The molecule has 4 aromatic rings. The maximum Gasteiger partial charge on any atom is 0.261 e. The molecular formula is C26H24FN3O2. The van der Waals surface area contributed by atoms with Gasteiger partial charge >= 0.3 is 0 Å². The molecule has 0 saturated heterocycles. The molecule has 0 radical (unpaired) electrons. The van der Waals surface area contributed by atoms with Gasteiger partial charge in [0.25, 0.3) is 11.5 Å². The summed E-state index contributed by atoms with van der Waals surface area (Å²) in [5.74, 6) is -0.290. The molecule has 0 spiro atoms. The van der Waals surface area contributed by atoms with Crippen molar-refractivity contribution in [1.82, 2.24) is 14.5 Å². The topological polar surface area (TPSA) is 55.2 Å². The molecule has 162 valence electrons. The number of amides is 1. The third kappa shape index (κ3) is 4.17. The first kappa shape index (κ1) is 21.4. The first-order valence-corrected chi connectivity index (χ1v) is 10.6. The number of nitrogens with zero attached hydrogens (tertiary/aromatic N) is 3. The number of hydrogen-bond donors (Lipinski definition) is 0. The Bertz CT molecular complexity index is 1320. The average Bonchev–Trinajstić information content (AvgIpc) is 2.81. The Hall–Kier alpha value is -3.80. The highest BCUT2D eigenvalue weighted by Crippen LogP contribution is 2.23. The Morgan fingerprint density at radius 2 is 1.75 bits per heavy atom. The predicted octanol–water partition coefficient (Wildman–Crippen LogP) is 4.81. The lowest BCUT2D eigenvalue weighted by molar-refractivity contribution is 0.0691. The molecule has 4 rings (SSSR count). The fraction of sp³-hybridized carbons (Fsp3) is 0.192.